The molecule has 0 amide bonds. The van der Waals surface area contributed by atoms with E-state index < -0.39 is 0 Å². The largest absolute Gasteiger partial charge is 0.351 e. The van der Waals surface area contributed by atoms with Crippen molar-refractivity contribution in [2.45, 2.75) is 57.5 Å². The molecule has 2 aromatic heterocycles. The Morgan fingerprint density at radius 2 is 1.91 bits per heavy atom. The van der Waals surface area contributed by atoms with Crippen LogP contribution in [0.4, 0.5) is 5.95 Å². The fourth-order valence-corrected chi connectivity index (χ4v) is 3.83. The Hall–Kier alpha value is -1.69. The maximum absolute atomic E-state index is 4.75. The molecule has 124 valence electrons. The van der Waals surface area contributed by atoms with E-state index in [9.17, 15) is 0 Å². The summed E-state index contributed by atoms with van der Waals surface area (Å²) in [5.41, 5.74) is 0.974. The van der Waals surface area contributed by atoms with E-state index in [1.807, 2.05) is 12.4 Å². The molecule has 4 rings (SSSR count). The van der Waals surface area contributed by atoms with E-state index in [0.29, 0.717) is 6.04 Å². The molecule has 0 unspecified atom stereocenters. The minimum atomic E-state index is 0.475. The zero-order valence-electron chi connectivity index (χ0n) is 13.7. The number of hydrogen-bond acceptors (Lipinski definition) is 5. The summed E-state index contributed by atoms with van der Waals surface area (Å²) in [6.07, 6.45) is 12.8. The quantitative estimate of drug-likeness (QED) is 0.908. The summed E-state index contributed by atoms with van der Waals surface area (Å²) in [5.74, 6) is 1.50. The third-order valence-corrected chi connectivity index (χ3v) is 5.20. The van der Waals surface area contributed by atoms with E-state index in [1.54, 1.807) is 0 Å². The van der Waals surface area contributed by atoms with Gasteiger partial charge in [-0.05, 0) is 44.7 Å². The van der Waals surface area contributed by atoms with Crippen molar-refractivity contribution in [1.29, 1.82) is 0 Å². The molecule has 1 aliphatic carbocycles. The maximum Gasteiger partial charge on any atom is 0.224 e. The second kappa shape index (κ2) is 6.83. The second-order valence-electron chi connectivity index (χ2n) is 6.97. The van der Waals surface area contributed by atoms with E-state index in [2.05, 4.69) is 25.4 Å². The van der Waals surface area contributed by atoms with Crippen LogP contribution in [0.3, 0.4) is 0 Å². The van der Waals surface area contributed by atoms with Crippen molar-refractivity contribution in [2.75, 3.05) is 18.4 Å². The van der Waals surface area contributed by atoms with Gasteiger partial charge in [0.1, 0.15) is 0 Å². The summed E-state index contributed by atoms with van der Waals surface area (Å²) in [6, 6.07) is 0.475. The summed E-state index contributed by atoms with van der Waals surface area (Å²) >= 11 is 0. The van der Waals surface area contributed by atoms with Crippen LogP contribution in [-0.2, 0) is 6.54 Å². The molecular formula is C17H26N6. The van der Waals surface area contributed by atoms with Crippen LogP contribution in [-0.4, -0.2) is 38.9 Å². The zero-order chi connectivity index (χ0) is 15.5. The number of anilines is 1. The van der Waals surface area contributed by atoms with Crippen molar-refractivity contribution in [3.8, 4) is 0 Å². The van der Waals surface area contributed by atoms with E-state index in [1.165, 1.54) is 32.1 Å². The molecule has 0 radical (unpaired) electrons. The monoisotopic (exact) mass is 314 g/mol. The lowest BCUT2D eigenvalue weighted by atomic mass is 9.89. The van der Waals surface area contributed by atoms with Gasteiger partial charge in [0, 0.05) is 18.8 Å². The topological polar surface area (TPSA) is 67.7 Å². The SMILES string of the molecule is c1nc(NC2CCNCC2)nc2c1cnn2CC1CCCCC1. The first kappa shape index (κ1) is 14.9. The van der Waals surface area contributed by atoms with Gasteiger partial charge >= 0.3 is 0 Å². The number of nitrogens with zero attached hydrogens (tertiary/aromatic N) is 4. The minimum Gasteiger partial charge on any atom is -0.351 e. The van der Waals surface area contributed by atoms with Crippen molar-refractivity contribution in [1.82, 2.24) is 25.1 Å². The molecule has 6 nitrogen and oxygen atoms in total. The van der Waals surface area contributed by atoms with E-state index in [0.717, 1.165) is 55.4 Å². The van der Waals surface area contributed by atoms with Crippen molar-refractivity contribution >= 4 is 17.0 Å². The van der Waals surface area contributed by atoms with E-state index in [-0.39, 0.29) is 0 Å². The third kappa shape index (κ3) is 3.47. The van der Waals surface area contributed by atoms with Crippen LogP contribution in [0.5, 0.6) is 0 Å². The molecule has 0 bridgehead atoms. The number of fused-ring (bicyclic) bond motifs is 1. The smallest absolute Gasteiger partial charge is 0.224 e. The summed E-state index contributed by atoms with van der Waals surface area (Å²) < 4.78 is 2.08. The number of rotatable bonds is 4. The number of aromatic nitrogens is 4. The Labute approximate surface area is 137 Å². The summed E-state index contributed by atoms with van der Waals surface area (Å²) in [5, 5.41) is 12.5. The molecule has 0 aromatic carbocycles. The molecular weight excluding hydrogens is 288 g/mol. The molecule has 0 spiro atoms. The minimum absolute atomic E-state index is 0.475. The molecule has 0 atom stereocenters. The Morgan fingerprint density at radius 1 is 1.09 bits per heavy atom. The van der Waals surface area contributed by atoms with Gasteiger partial charge in [0.2, 0.25) is 5.95 Å². The Bertz CT molecular complexity index is 640. The molecule has 2 N–H and O–H groups in total. The van der Waals surface area contributed by atoms with Gasteiger partial charge in [-0.25, -0.2) is 9.67 Å². The Balaban J connectivity index is 1.50. The van der Waals surface area contributed by atoms with Gasteiger partial charge in [0.05, 0.1) is 11.6 Å². The van der Waals surface area contributed by atoms with Gasteiger partial charge in [-0.1, -0.05) is 19.3 Å². The van der Waals surface area contributed by atoms with Crippen molar-refractivity contribution < 1.29 is 0 Å². The maximum atomic E-state index is 4.75. The lowest BCUT2D eigenvalue weighted by Crippen LogP contribution is -2.35. The van der Waals surface area contributed by atoms with Crippen molar-refractivity contribution in [3.05, 3.63) is 12.4 Å². The highest BCUT2D eigenvalue weighted by Gasteiger charge is 2.17. The predicted molar refractivity (Wildman–Crippen MR) is 91.4 cm³/mol. The van der Waals surface area contributed by atoms with Crippen LogP contribution in [0, 0.1) is 5.92 Å². The van der Waals surface area contributed by atoms with Crippen LogP contribution in [0.1, 0.15) is 44.9 Å². The Kier molecular flexibility index (Phi) is 4.41. The van der Waals surface area contributed by atoms with E-state index >= 15 is 0 Å². The van der Waals surface area contributed by atoms with Gasteiger partial charge in [-0.2, -0.15) is 10.1 Å². The molecule has 1 saturated heterocycles. The fourth-order valence-electron chi connectivity index (χ4n) is 3.83. The lowest BCUT2D eigenvalue weighted by molar-refractivity contribution is 0.311. The van der Waals surface area contributed by atoms with Gasteiger partial charge in [0.15, 0.2) is 5.65 Å². The van der Waals surface area contributed by atoms with Crippen molar-refractivity contribution in [2.24, 2.45) is 5.92 Å². The van der Waals surface area contributed by atoms with Crippen LogP contribution >= 0.6 is 0 Å². The van der Waals surface area contributed by atoms with Crippen molar-refractivity contribution in [3.63, 3.8) is 0 Å². The average Bonchev–Trinajstić information content (AvgIpc) is 2.99. The van der Waals surface area contributed by atoms with Crippen LogP contribution < -0.4 is 10.6 Å². The standard InChI is InChI=1S/C17H26N6/c1-2-4-13(5-3-1)12-23-16-14(11-20-23)10-19-17(22-16)21-15-6-8-18-9-7-15/h10-11,13,15,18H,1-9,12H2,(H,19,21,22). The van der Waals surface area contributed by atoms with Crippen LogP contribution in [0.2, 0.25) is 0 Å². The van der Waals surface area contributed by atoms with Gasteiger partial charge in [-0.15, -0.1) is 0 Å². The highest BCUT2D eigenvalue weighted by Crippen LogP contribution is 2.26. The molecule has 1 aliphatic heterocycles. The Morgan fingerprint density at radius 3 is 2.74 bits per heavy atom. The third-order valence-electron chi connectivity index (χ3n) is 5.20. The highest BCUT2D eigenvalue weighted by atomic mass is 15.3. The van der Waals surface area contributed by atoms with E-state index in [4.69, 9.17) is 4.98 Å². The van der Waals surface area contributed by atoms with Crippen LogP contribution in [0.25, 0.3) is 11.0 Å². The van der Waals surface area contributed by atoms with Crippen LogP contribution in [0.15, 0.2) is 12.4 Å². The summed E-state index contributed by atoms with van der Waals surface area (Å²) in [6.45, 7) is 3.13. The number of piperidine rings is 1. The first-order valence-electron chi connectivity index (χ1n) is 9.04. The summed E-state index contributed by atoms with van der Waals surface area (Å²) in [7, 11) is 0. The van der Waals surface area contributed by atoms with Gasteiger partial charge in [0.25, 0.3) is 0 Å². The number of nitrogens with one attached hydrogen (secondary N) is 2. The fraction of sp³-hybridized carbons (Fsp3) is 0.706. The predicted octanol–water partition coefficient (Wildman–Crippen LogP) is 2.57. The molecule has 6 heteroatoms. The molecule has 3 heterocycles. The number of hydrogen-bond donors (Lipinski definition) is 2. The van der Waals surface area contributed by atoms with Gasteiger partial charge in [-0.3, -0.25) is 0 Å². The molecule has 1 saturated carbocycles. The molecule has 2 fully saturated rings. The lowest BCUT2D eigenvalue weighted by Gasteiger charge is -2.23. The van der Waals surface area contributed by atoms with Gasteiger partial charge < -0.3 is 10.6 Å². The summed E-state index contributed by atoms with van der Waals surface area (Å²) in [4.78, 5) is 9.22. The second-order valence-corrected chi connectivity index (χ2v) is 6.97. The molecule has 2 aromatic rings. The first-order chi connectivity index (χ1) is 11.4. The zero-order valence-corrected chi connectivity index (χ0v) is 13.7. The molecule has 2 aliphatic rings. The first-order valence-corrected chi connectivity index (χ1v) is 9.04. The highest BCUT2D eigenvalue weighted by molar-refractivity contribution is 5.74. The molecule has 23 heavy (non-hydrogen) atoms. The average molecular weight is 314 g/mol. The normalized spacial score (nSPS) is 20.9.